The van der Waals surface area contributed by atoms with Crippen LogP contribution in [0.2, 0.25) is 5.02 Å². The minimum Gasteiger partial charge on any atom is -0.375 e. The van der Waals surface area contributed by atoms with E-state index in [1.54, 1.807) is 22.4 Å². The summed E-state index contributed by atoms with van der Waals surface area (Å²) in [7, 11) is 6.09. The summed E-state index contributed by atoms with van der Waals surface area (Å²) in [5.41, 5.74) is 5.33. The van der Waals surface area contributed by atoms with E-state index < -0.39 is 0 Å². The van der Waals surface area contributed by atoms with Crippen molar-refractivity contribution in [1.82, 2.24) is 23.9 Å². The Hall–Kier alpha value is -3.24. The average molecular weight is 523 g/mol. The van der Waals surface area contributed by atoms with Gasteiger partial charge in [0.2, 0.25) is 6.41 Å². The molecule has 0 atom stereocenters. The van der Waals surface area contributed by atoms with E-state index in [0.717, 1.165) is 33.1 Å². The Labute approximate surface area is 220 Å². The number of rotatable bonds is 2. The number of hydrogen-bond acceptors (Lipinski definition) is 6. The van der Waals surface area contributed by atoms with Gasteiger partial charge in [-0.3, -0.25) is 18.9 Å². The molecule has 2 aromatic carbocycles. The van der Waals surface area contributed by atoms with E-state index in [-0.39, 0.29) is 12.3 Å². The van der Waals surface area contributed by atoms with E-state index in [2.05, 4.69) is 34.2 Å². The number of piperazine rings is 1. The number of likely N-dealkylation sites (N-methyl/N-ethyl adjacent to an activating group) is 2. The van der Waals surface area contributed by atoms with Gasteiger partial charge in [-0.15, -0.1) is 0 Å². The minimum atomic E-state index is -0.111. The lowest BCUT2D eigenvalue weighted by atomic mass is 9.99. The number of amides is 1. The highest BCUT2D eigenvalue weighted by molar-refractivity contribution is 6.34. The van der Waals surface area contributed by atoms with Crippen LogP contribution in [0.3, 0.4) is 0 Å². The smallest absolute Gasteiger partial charge is 0.328 e. The first-order valence-electron chi connectivity index (χ1n) is 12.3. The van der Waals surface area contributed by atoms with Crippen LogP contribution in [0.1, 0.15) is 5.56 Å². The van der Waals surface area contributed by atoms with E-state index in [1.807, 2.05) is 30.3 Å². The Balaban J connectivity index is 0.000000301. The predicted octanol–water partition coefficient (Wildman–Crippen LogP) is 3.17. The summed E-state index contributed by atoms with van der Waals surface area (Å²) >= 11 is 6.72. The molecule has 4 bridgehead atoms. The van der Waals surface area contributed by atoms with Gasteiger partial charge >= 0.3 is 5.69 Å². The zero-order valence-corrected chi connectivity index (χ0v) is 22.1. The molecule has 6 rings (SSSR count). The first-order valence-corrected chi connectivity index (χ1v) is 12.7. The van der Waals surface area contributed by atoms with Gasteiger partial charge in [0.25, 0.3) is 0 Å². The third-order valence-corrected chi connectivity index (χ3v) is 7.60. The van der Waals surface area contributed by atoms with E-state index in [4.69, 9.17) is 16.3 Å². The number of aromatic nitrogens is 3. The van der Waals surface area contributed by atoms with Crippen LogP contribution in [-0.4, -0.2) is 77.2 Å². The highest BCUT2D eigenvalue weighted by Gasteiger charge is 2.19. The number of aryl methyl sites for hydroxylation is 1. The molecule has 0 unspecified atom stereocenters. The predicted molar refractivity (Wildman–Crippen MR) is 147 cm³/mol. The molecule has 0 spiro atoms. The van der Waals surface area contributed by atoms with E-state index in [1.165, 1.54) is 26.2 Å². The molecule has 9 nitrogen and oxygen atoms in total. The first-order chi connectivity index (χ1) is 17.9. The fraction of sp³-hybridized carbons (Fsp3) is 0.370. The largest absolute Gasteiger partial charge is 0.375 e. The minimum absolute atomic E-state index is 0.111. The molecule has 4 aromatic rings. The van der Waals surface area contributed by atoms with Gasteiger partial charge in [0, 0.05) is 55.4 Å². The number of hydrogen-bond donors (Lipinski definition) is 1. The van der Waals surface area contributed by atoms with E-state index in [9.17, 15) is 9.59 Å². The molecule has 1 fully saturated rings. The number of carbonyl (C=O) groups excluding carboxylic acids is 1. The van der Waals surface area contributed by atoms with Crippen LogP contribution in [0, 0.1) is 0 Å². The molecule has 0 radical (unpaired) electrons. The number of nitrogens with one attached hydrogen (secondary N) is 1. The van der Waals surface area contributed by atoms with Crippen LogP contribution in [0.15, 0.2) is 41.3 Å². The number of anilines is 1. The normalized spacial score (nSPS) is 16.3. The second kappa shape index (κ2) is 10.6. The highest BCUT2D eigenvalue weighted by Crippen LogP contribution is 2.37. The summed E-state index contributed by atoms with van der Waals surface area (Å²) in [4.78, 5) is 33.1. The standard InChI is InChI=1S/C21H17ClN4O3.C6H14N2/c1-25-18-9-23-16-4-2-12-8-14(16)20(18)26(21(25)28)6-7-29-10-15-17(24-11-27)5-3-13(12)19(15)22;1-7-3-5-8(2)6-4-7/h2-5,8-9,11H,6-7,10H2,1H3,(H,24,27);3-6H2,1-2H3. The van der Waals surface area contributed by atoms with Crippen LogP contribution < -0.4 is 11.0 Å². The fourth-order valence-corrected chi connectivity index (χ4v) is 5.20. The molecular formula is C27H31ClN6O3. The number of nitrogens with zero attached hydrogens (tertiary/aromatic N) is 5. The van der Waals surface area contributed by atoms with Crippen molar-refractivity contribution in [2.75, 3.05) is 52.2 Å². The molecular weight excluding hydrogens is 492 g/mol. The van der Waals surface area contributed by atoms with Gasteiger partial charge in [-0.1, -0.05) is 23.7 Å². The molecule has 4 heterocycles. The zero-order chi connectivity index (χ0) is 26.1. The summed E-state index contributed by atoms with van der Waals surface area (Å²) in [6, 6.07) is 9.59. The summed E-state index contributed by atoms with van der Waals surface area (Å²) in [5.74, 6) is 0. The van der Waals surface area contributed by atoms with E-state index in [0.29, 0.717) is 35.8 Å². The molecule has 0 saturated carbocycles. The van der Waals surface area contributed by atoms with Crippen molar-refractivity contribution in [3.05, 3.63) is 57.6 Å². The lowest BCUT2D eigenvalue weighted by molar-refractivity contribution is -0.105. The van der Waals surface area contributed by atoms with Gasteiger partial charge < -0.3 is 19.9 Å². The van der Waals surface area contributed by atoms with Gasteiger partial charge in [0.15, 0.2) is 0 Å². The fourth-order valence-electron chi connectivity index (χ4n) is 4.87. The maximum atomic E-state index is 12.8. The topological polar surface area (TPSA) is 84.6 Å². The third-order valence-electron chi connectivity index (χ3n) is 7.17. The molecule has 10 heteroatoms. The molecule has 1 N–H and O–H groups in total. The Bertz CT molecular complexity index is 1510. The lowest BCUT2D eigenvalue weighted by Crippen LogP contribution is -2.42. The van der Waals surface area contributed by atoms with Gasteiger partial charge in [-0.2, -0.15) is 0 Å². The van der Waals surface area contributed by atoms with Gasteiger partial charge in [-0.25, -0.2) is 4.79 Å². The first kappa shape index (κ1) is 25.4. The summed E-state index contributed by atoms with van der Waals surface area (Å²) in [6.45, 7) is 5.87. The SMILES string of the molecule is CN1CCN(C)CC1.Cn1c(=O)n2c3c4cc(ccc4ncc31)-c1ccc(NC=O)c(c1Cl)COCC2. The molecule has 1 amide bonds. The van der Waals surface area contributed by atoms with Crippen molar-refractivity contribution in [2.45, 2.75) is 13.2 Å². The van der Waals surface area contributed by atoms with Crippen molar-refractivity contribution in [1.29, 1.82) is 0 Å². The van der Waals surface area contributed by atoms with Gasteiger partial charge in [-0.05, 0) is 37.9 Å². The third kappa shape index (κ3) is 4.87. The molecule has 2 aliphatic rings. The molecule has 1 saturated heterocycles. The Morgan fingerprint density at radius 1 is 1.03 bits per heavy atom. The Kier molecular flexibility index (Phi) is 7.30. The molecule has 37 heavy (non-hydrogen) atoms. The Morgan fingerprint density at radius 2 is 1.76 bits per heavy atom. The van der Waals surface area contributed by atoms with Crippen LogP contribution in [0.25, 0.3) is 33.1 Å². The van der Waals surface area contributed by atoms with Crippen molar-refractivity contribution in [3.63, 3.8) is 0 Å². The summed E-state index contributed by atoms with van der Waals surface area (Å²) in [6.07, 6.45) is 2.35. The number of ether oxygens (including phenoxy) is 1. The number of pyridine rings is 1. The van der Waals surface area contributed by atoms with Crippen molar-refractivity contribution in [3.8, 4) is 11.1 Å². The highest BCUT2D eigenvalue weighted by atomic mass is 35.5. The number of halogens is 1. The number of fused-ring (bicyclic) bond motifs is 4. The summed E-state index contributed by atoms with van der Waals surface area (Å²) < 4.78 is 9.18. The summed E-state index contributed by atoms with van der Waals surface area (Å²) in [5, 5.41) is 4.09. The van der Waals surface area contributed by atoms with Crippen LogP contribution in [-0.2, 0) is 29.7 Å². The molecule has 194 valence electrons. The number of benzene rings is 2. The second-order valence-corrected chi connectivity index (χ2v) is 9.97. The van der Waals surface area contributed by atoms with E-state index >= 15 is 0 Å². The van der Waals surface area contributed by atoms with Crippen LogP contribution in [0.4, 0.5) is 5.69 Å². The van der Waals surface area contributed by atoms with Crippen LogP contribution >= 0.6 is 11.6 Å². The average Bonchev–Trinajstić information content (AvgIpc) is 3.14. The number of carbonyl (C=O) groups is 1. The molecule has 2 aliphatic heterocycles. The van der Waals surface area contributed by atoms with Crippen LogP contribution in [0.5, 0.6) is 0 Å². The second-order valence-electron chi connectivity index (χ2n) is 9.59. The maximum Gasteiger partial charge on any atom is 0.328 e. The Morgan fingerprint density at radius 3 is 2.46 bits per heavy atom. The zero-order valence-electron chi connectivity index (χ0n) is 21.3. The maximum absolute atomic E-state index is 12.8. The monoisotopic (exact) mass is 522 g/mol. The lowest BCUT2D eigenvalue weighted by Gasteiger charge is -2.28. The van der Waals surface area contributed by atoms with Gasteiger partial charge in [0.1, 0.15) is 0 Å². The van der Waals surface area contributed by atoms with Crippen molar-refractivity contribution >= 4 is 45.6 Å². The quantitative estimate of drug-likeness (QED) is 0.407. The van der Waals surface area contributed by atoms with Gasteiger partial charge in [0.05, 0.1) is 47.5 Å². The van der Waals surface area contributed by atoms with Crippen molar-refractivity contribution in [2.24, 2.45) is 7.05 Å². The number of imidazole rings is 1. The van der Waals surface area contributed by atoms with Crippen molar-refractivity contribution < 1.29 is 9.53 Å². The molecule has 0 aliphatic carbocycles. The molecule has 2 aromatic heterocycles.